The molecule has 120 valence electrons. The number of benzene rings is 2. The van der Waals surface area contributed by atoms with E-state index in [9.17, 15) is 9.59 Å². The second-order valence-corrected chi connectivity index (χ2v) is 5.47. The number of anilines is 1. The molecule has 0 aliphatic carbocycles. The molecule has 24 heavy (non-hydrogen) atoms. The lowest BCUT2D eigenvalue weighted by molar-refractivity contribution is 0.102. The third-order valence-electron chi connectivity index (χ3n) is 3.67. The third kappa shape index (κ3) is 3.57. The van der Waals surface area contributed by atoms with Crippen molar-refractivity contribution in [3.8, 4) is 0 Å². The van der Waals surface area contributed by atoms with Crippen molar-refractivity contribution in [2.45, 2.75) is 13.5 Å². The lowest BCUT2D eigenvalue weighted by Crippen LogP contribution is -2.26. The maximum absolute atomic E-state index is 12.4. The van der Waals surface area contributed by atoms with Gasteiger partial charge in [0.1, 0.15) is 5.69 Å². The summed E-state index contributed by atoms with van der Waals surface area (Å²) in [5.74, 6) is -0.342. The van der Waals surface area contributed by atoms with E-state index in [-0.39, 0.29) is 17.2 Å². The monoisotopic (exact) mass is 319 g/mol. The number of aromatic nitrogens is 2. The molecule has 0 atom stereocenters. The summed E-state index contributed by atoms with van der Waals surface area (Å²) in [6, 6.07) is 19.8. The number of carbonyl (C=O) groups excluding carboxylic acids is 1. The van der Waals surface area contributed by atoms with Gasteiger partial charge in [-0.05, 0) is 30.2 Å². The fraction of sp³-hybridized carbons (Fsp3) is 0.105. The van der Waals surface area contributed by atoms with E-state index in [1.807, 2.05) is 61.5 Å². The molecule has 3 rings (SSSR count). The van der Waals surface area contributed by atoms with Gasteiger partial charge in [-0.25, -0.2) is 4.68 Å². The summed E-state index contributed by atoms with van der Waals surface area (Å²) in [7, 11) is 0. The van der Waals surface area contributed by atoms with Gasteiger partial charge in [0.15, 0.2) is 0 Å². The van der Waals surface area contributed by atoms with Gasteiger partial charge < -0.3 is 5.32 Å². The van der Waals surface area contributed by atoms with E-state index >= 15 is 0 Å². The molecule has 0 fully saturated rings. The van der Waals surface area contributed by atoms with Gasteiger partial charge >= 0.3 is 0 Å². The SMILES string of the molecule is Cc1ccccc1NC(=O)c1ccc(=O)n(Cc2ccccc2)n1. The van der Waals surface area contributed by atoms with Crippen LogP contribution in [0.3, 0.4) is 0 Å². The van der Waals surface area contributed by atoms with Crippen molar-refractivity contribution >= 4 is 11.6 Å². The largest absolute Gasteiger partial charge is 0.320 e. The summed E-state index contributed by atoms with van der Waals surface area (Å²) >= 11 is 0. The zero-order valence-electron chi connectivity index (χ0n) is 13.3. The maximum Gasteiger partial charge on any atom is 0.276 e. The highest BCUT2D eigenvalue weighted by Crippen LogP contribution is 2.13. The van der Waals surface area contributed by atoms with Crippen molar-refractivity contribution in [1.29, 1.82) is 0 Å². The van der Waals surface area contributed by atoms with Crippen molar-refractivity contribution in [3.05, 3.63) is 93.9 Å². The Morgan fingerprint density at radius 1 is 1.00 bits per heavy atom. The van der Waals surface area contributed by atoms with E-state index in [2.05, 4.69) is 10.4 Å². The molecule has 5 nitrogen and oxygen atoms in total. The van der Waals surface area contributed by atoms with Crippen LogP contribution in [0, 0.1) is 6.92 Å². The first kappa shape index (κ1) is 15.7. The van der Waals surface area contributed by atoms with Crippen molar-refractivity contribution in [3.63, 3.8) is 0 Å². The van der Waals surface area contributed by atoms with Crippen molar-refractivity contribution < 1.29 is 4.79 Å². The van der Waals surface area contributed by atoms with Crippen LogP contribution in [-0.2, 0) is 6.54 Å². The van der Waals surface area contributed by atoms with Crippen molar-refractivity contribution in [2.24, 2.45) is 0 Å². The summed E-state index contributed by atoms with van der Waals surface area (Å²) in [6.45, 7) is 2.24. The lowest BCUT2D eigenvalue weighted by atomic mass is 10.2. The summed E-state index contributed by atoms with van der Waals surface area (Å²) in [6.07, 6.45) is 0. The zero-order chi connectivity index (χ0) is 16.9. The Bertz CT molecular complexity index is 917. The second-order valence-electron chi connectivity index (χ2n) is 5.47. The normalized spacial score (nSPS) is 10.4. The number of carbonyl (C=O) groups is 1. The number of para-hydroxylation sites is 1. The molecule has 5 heteroatoms. The van der Waals surface area contributed by atoms with Crippen molar-refractivity contribution in [1.82, 2.24) is 9.78 Å². The van der Waals surface area contributed by atoms with E-state index in [0.717, 1.165) is 16.8 Å². The maximum atomic E-state index is 12.4. The van der Waals surface area contributed by atoms with E-state index in [1.165, 1.54) is 16.8 Å². The quantitative estimate of drug-likeness (QED) is 0.804. The summed E-state index contributed by atoms with van der Waals surface area (Å²) in [4.78, 5) is 24.4. The van der Waals surface area contributed by atoms with Crippen LogP contribution in [0.2, 0.25) is 0 Å². The highest BCUT2D eigenvalue weighted by molar-refractivity contribution is 6.03. The van der Waals surface area contributed by atoms with E-state index in [4.69, 9.17) is 0 Å². The molecule has 0 bridgehead atoms. The van der Waals surface area contributed by atoms with Gasteiger partial charge in [0.2, 0.25) is 0 Å². The first-order valence-electron chi connectivity index (χ1n) is 7.62. The van der Waals surface area contributed by atoms with Crippen LogP contribution in [0.25, 0.3) is 0 Å². The van der Waals surface area contributed by atoms with Gasteiger partial charge in [0.25, 0.3) is 11.5 Å². The standard InChI is InChI=1S/C19H17N3O2/c1-14-7-5-6-10-16(14)20-19(24)17-11-12-18(23)22(21-17)13-15-8-3-2-4-9-15/h2-12H,13H2,1H3,(H,20,24). The van der Waals surface area contributed by atoms with Gasteiger partial charge in [-0.1, -0.05) is 48.5 Å². The molecule has 1 N–H and O–H groups in total. The first-order chi connectivity index (χ1) is 11.6. The molecule has 0 saturated heterocycles. The van der Waals surface area contributed by atoms with E-state index in [0.29, 0.717) is 6.54 Å². The molecular formula is C19H17N3O2. The predicted molar refractivity (Wildman–Crippen MR) is 93.2 cm³/mol. The minimum atomic E-state index is -0.342. The number of aryl methyl sites for hydroxylation is 1. The van der Waals surface area contributed by atoms with E-state index < -0.39 is 0 Å². The Labute approximate surface area is 139 Å². The Balaban J connectivity index is 1.84. The summed E-state index contributed by atoms with van der Waals surface area (Å²) in [5, 5.41) is 7.01. The smallest absolute Gasteiger partial charge is 0.276 e. The van der Waals surface area contributed by atoms with Gasteiger partial charge in [-0.2, -0.15) is 5.10 Å². The summed E-state index contributed by atoms with van der Waals surface area (Å²) < 4.78 is 1.29. The number of hydrogen-bond donors (Lipinski definition) is 1. The highest BCUT2D eigenvalue weighted by Gasteiger charge is 2.11. The predicted octanol–water partition coefficient (Wildman–Crippen LogP) is 2.85. The average molecular weight is 319 g/mol. The molecule has 0 unspecified atom stereocenters. The van der Waals surface area contributed by atoms with Crippen LogP contribution in [0.5, 0.6) is 0 Å². The molecule has 0 radical (unpaired) electrons. The molecule has 1 aromatic heterocycles. The molecular weight excluding hydrogens is 302 g/mol. The molecule has 2 aromatic carbocycles. The van der Waals surface area contributed by atoms with Gasteiger partial charge in [0, 0.05) is 11.8 Å². The zero-order valence-corrected chi connectivity index (χ0v) is 13.3. The van der Waals surface area contributed by atoms with Crippen LogP contribution in [-0.4, -0.2) is 15.7 Å². The second kappa shape index (κ2) is 6.91. The number of nitrogens with zero attached hydrogens (tertiary/aromatic N) is 2. The highest BCUT2D eigenvalue weighted by atomic mass is 16.2. The average Bonchev–Trinajstić information content (AvgIpc) is 2.60. The van der Waals surface area contributed by atoms with Crippen LogP contribution in [0.15, 0.2) is 71.5 Å². The van der Waals surface area contributed by atoms with Crippen LogP contribution in [0.4, 0.5) is 5.69 Å². The Morgan fingerprint density at radius 3 is 2.46 bits per heavy atom. The topological polar surface area (TPSA) is 64.0 Å². The molecule has 0 spiro atoms. The first-order valence-corrected chi connectivity index (χ1v) is 7.62. The Morgan fingerprint density at radius 2 is 1.71 bits per heavy atom. The molecule has 0 aliphatic heterocycles. The minimum absolute atomic E-state index is 0.203. The fourth-order valence-electron chi connectivity index (χ4n) is 2.34. The van der Waals surface area contributed by atoms with E-state index in [1.54, 1.807) is 0 Å². The Hall–Kier alpha value is -3.21. The van der Waals surface area contributed by atoms with Crippen molar-refractivity contribution in [2.75, 3.05) is 5.32 Å². The molecule has 0 saturated carbocycles. The fourth-order valence-corrected chi connectivity index (χ4v) is 2.34. The molecule has 3 aromatic rings. The molecule has 1 heterocycles. The lowest BCUT2D eigenvalue weighted by Gasteiger charge is -2.09. The summed E-state index contributed by atoms with van der Waals surface area (Å²) in [5.41, 5.74) is 2.59. The van der Waals surface area contributed by atoms with Crippen LogP contribution < -0.4 is 10.9 Å². The Kier molecular flexibility index (Phi) is 4.52. The third-order valence-corrected chi connectivity index (χ3v) is 3.67. The number of hydrogen-bond acceptors (Lipinski definition) is 3. The van der Waals surface area contributed by atoms with Gasteiger partial charge in [-0.15, -0.1) is 0 Å². The van der Waals surface area contributed by atoms with Gasteiger partial charge in [0.05, 0.1) is 6.54 Å². The van der Waals surface area contributed by atoms with Crippen LogP contribution >= 0.6 is 0 Å². The van der Waals surface area contributed by atoms with Crippen LogP contribution in [0.1, 0.15) is 21.6 Å². The minimum Gasteiger partial charge on any atom is -0.320 e. The number of nitrogens with one attached hydrogen (secondary N) is 1. The van der Waals surface area contributed by atoms with Gasteiger partial charge in [-0.3, -0.25) is 9.59 Å². The molecule has 1 amide bonds. The number of rotatable bonds is 4. The molecule has 0 aliphatic rings. The number of amides is 1.